The quantitative estimate of drug-likeness (QED) is 0.705. The minimum atomic E-state index is -0.740. The molecule has 0 radical (unpaired) electrons. The number of hydrogen-bond acceptors (Lipinski definition) is 3. The number of amides is 4. The van der Waals surface area contributed by atoms with Crippen LogP contribution in [0.15, 0.2) is 30.3 Å². The molecule has 6 nitrogen and oxygen atoms in total. The zero-order valence-electron chi connectivity index (χ0n) is 17.2. The highest BCUT2D eigenvalue weighted by Gasteiger charge is 2.56. The van der Waals surface area contributed by atoms with Gasteiger partial charge in [0.05, 0.1) is 0 Å². The molecule has 152 valence electrons. The van der Waals surface area contributed by atoms with E-state index >= 15 is 0 Å². The maximum Gasteiger partial charge on any atom is 0.327 e. The molecule has 0 aromatic heterocycles. The van der Waals surface area contributed by atoms with Crippen LogP contribution in [0.1, 0.15) is 57.9 Å². The minimum Gasteiger partial charge on any atom is -0.334 e. The highest BCUT2D eigenvalue weighted by atomic mass is 16.2. The lowest BCUT2D eigenvalue weighted by atomic mass is 9.81. The Morgan fingerprint density at radius 3 is 2.39 bits per heavy atom. The first-order valence-electron chi connectivity index (χ1n) is 10.3. The Bertz CT molecular complexity index is 728. The average molecular weight is 386 g/mol. The van der Waals surface area contributed by atoms with Crippen LogP contribution < -0.4 is 0 Å². The molecule has 1 atom stereocenters. The molecule has 28 heavy (non-hydrogen) atoms. The third kappa shape index (κ3) is 3.64. The highest BCUT2D eigenvalue weighted by molar-refractivity contribution is 6.08. The van der Waals surface area contributed by atoms with Crippen molar-refractivity contribution in [3.63, 3.8) is 0 Å². The molecular weight excluding hydrogens is 354 g/mol. The number of benzene rings is 1. The molecule has 2 fully saturated rings. The van der Waals surface area contributed by atoms with E-state index in [0.29, 0.717) is 19.4 Å². The summed E-state index contributed by atoms with van der Waals surface area (Å²) in [6.07, 6.45) is 5.17. The molecule has 1 aromatic carbocycles. The van der Waals surface area contributed by atoms with Crippen molar-refractivity contribution in [2.75, 3.05) is 13.6 Å². The van der Waals surface area contributed by atoms with Gasteiger partial charge in [-0.15, -0.1) is 0 Å². The minimum absolute atomic E-state index is 0.0295. The van der Waals surface area contributed by atoms with E-state index in [1.807, 2.05) is 44.2 Å². The largest absolute Gasteiger partial charge is 0.334 e. The van der Waals surface area contributed by atoms with Crippen LogP contribution >= 0.6 is 0 Å². The second-order valence-corrected chi connectivity index (χ2v) is 8.09. The van der Waals surface area contributed by atoms with Crippen molar-refractivity contribution in [2.24, 2.45) is 0 Å². The van der Waals surface area contributed by atoms with Crippen LogP contribution in [-0.4, -0.2) is 57.7 Å². The number of carbonyl (C=O) groups excluding carboxylic acids is 3. The van der Waals surface area contributed by atoms with Crippen LogP contribution in [0.3, 0.4) is 0 Å². The summed E-state index contributed by atoms with van der Waals surface area (Å²) < 4.78 is 0. The second kappa shape index (κ2) is 8.33. The smallest absolute Gasteiger partial charge is 0.327 e. The van der Waals surface area contributed by atoms with Gasteiger partial charge in [0.25, 0.3) is 5.91 Å². The van der Waals surface area contributed by atoms with Crippen molar-refractivity contribution in [3.05, 3.63) is 35.9 Å². The van der Waals surface area contributed by atoms with E-state index in [4.69, 9.17) is 0 Å². The molecule has 1 aliphatic heterocycles. The Kier molecular flexibility index (Phi) is 6.06. The predicted molar refractivity (Wildman–Crippen MR) is 107 cm³/mol. The van der Waals surface area contributed by atoms with E-state index < -0.39 is 5.54 Å². The van der Waals surface area contributed by atoms with Gasteiger partial charge >= 0.3 is 6.03 Å². The van der Waals surface area contributed by atoms with Gasteiger partial charge < -0.3 is 9.80 Å². The van der Waals surface area contributed by atoms with E-state index in [-0.39, 0.29) is 30.4 Å². The molecule has 4 amide bonds. The Morgan fingerprint density at radius 1 is 1.14 bits per heavy atom. The van der Waals surface area contributed by atoms with Gasteiger partial charge in [-0.2, -0.15) is 0 Å². The van der Waals surface area contributed by atoms with Crippen molar-refractivity contribution in [1.82, 2.24) is 14.7 Å². The normalized spacial score (nSPS) is 20.0. The number of urea groups is 1. The molecule has 3 rings (SSSR count). The van der Waals surface area contributed by atoms with Gasteiger partial charge in [0.2, 0.25) is 5.91 Å². The number of imide groups is 1. The van der Waals surface area contributed by atoms with Crippen molar-refractivity contribution in [3.8, 4) is 0 Å². The number of hydrogen-bond donors (Lipinski definition) is 0. The Labute approximate surface area is 167 Å². The van der Waals surface area contributed by atoms with Gasteiger partial charge in [0.15, 0.2) is 0 Å². The fraction of sp³-hybridized carbons (Fsp3) is 0.591. The number of nitrogens with zero attached hydrogens (tertiary/aromatic N) is 3. The lowest BCUT2D eigenvalue weighted by Gasteiger charge is -2.36. The van der Waals surface area contributed by atoms with E-state index in [0.717, 1.165) is 31.2 Å². The van der Waals surface area contributed by atoms with Gasteiger partial charge in [0.1, 0.15) is 12.1 Å². The van der Waals surface area contributed by atoms with Crippen LogP contribution in [0.4, 0.5) is 4.79 Å². The summed E-state index contributed by atoms with van der Waals surface area (Å²) in [5.41, 5.74) is 0.298. The van der Waals surface area contributed by atoms with Gasteiger partial charge in [-0.1, -0.05) is 56.5 Å². The Morgan fingerprint density at radius 2 is 1.79 bits per heavy atom. The fourth-order valence-corrected chi connectivity index (χ4v) is 4.39. The molecule has 0 bridgehead atoms. The van der Waals surface area contributed by atoms with Gasteiger partial charge in [0, 0.05) is 19.6 Å². The molecule has 1 saturated carbocycles. The SMILES string of the molecule is CCC(C)N(Cc1ccccc1)C(=O)CN1C(=O)N(C)C2(CCCCC2)C1=O. The summed E-state index contributed by atoms with van der Waals surface area (Å²) in [6.45, 7) is 4.34. The summed E-state index contributed by atoms with van der Waals surface area (Å²) in [6, 6.07) is 9.50. The van der Waals surface area contributed by atoms with Crippen molar-refractivity contribution < 1.29 is 14.4 Å². The second-order valence-electron chi connectivity index (χ2n) is 8.09. The number of likely N-dealkylation sites (N-methyl/N-ethyl adjacent to an activating group) is 1. The molecule has 1 unspecified atom stereocenters. The van der Waals surface area contributed by atoms with E-state index in [9.17, 15) is 14.4 Å². The van der Waals surface area contributed by atoms with Gasteiger partial charge in [-0.3, -0.25) is 14.5 Å². The predicted octanol–water partition coefficient (Wildman–Crippen LogP) is 3.41. The number of carbonyl (C=O) groups is 3. The lowest BCUT2D eigenvalue weighted by molar-refractivity contribution is -0.141. The van der Waals surface area contributed by atoms with Crippen molar-refractivity contribution in [1.29, 1.82) is 0 Å². The fourth-order valence-electron chi connectivity index (χ4n) is 4.39. The van der Waals surface area contributed by atoms with Gasteiger partial charge in [-0.25, -0.2) is 4.79 Å². The average Bonchev–Trinajstić information content (AvgIpc) is 2.89. The summed E-state index contributed by atoms with van der Waals surface area (Å²) >= 11 is 0. The van der Waals surface area contributed by atoms with Crippen LogP contribution in [0.5, 0.6) is 0 Å². The molecule has 1 aromatic rings. The van der Waals surface area contributed by atoms with Crippen molar-refractivity contribution >= 4 is 17.8 Å². The zero-order valence-corrected chi connectivity index (χ0v) is 17.2. The third-order valence-corrected chi connectivity index (χ3v) is 6.42. The molecule has 1 saturated heterocycles. The summed E-state index contributed by atoms with van der Waals surface area (Å²) in [7, 11) is 1.70. The van der Waals surface area contributed by atoms with Crippen molar-refractivity contribution in [2.45, 2.75) is 70.5 Å². The molecular formula is C22H31N3O3. The maximum atomic E-state index is 13.2. The summed E-state index contributed by atoms with van der Waals surface area (Å²) in [5.74, 6) is -0.377. The van der Waals surface area contributed by atoms with E-state index in [1.165, 1.54) is 4.90 Å². The molecule has 2 aliphatic rings. The first-order valence-corrected chi connectivity index (χ1v) is 10.3. The highest BCUT2D eigenvalue weighted by Crippen LogP contribution is 2.39. The Balaban J connectivity index is 1.77. The molecule has 6 heteroatoms. The third-order valence-electron chi connectivity index (χ3n) is 6.42. The molecule has 1 heterocycles. The topological polar surface area (TPSA) is 60.9 Å². The van der Waals surface area contributed by atoms with Gasteiger partial charge in [-0.05, 0) is 31.7 Å². The first kappa shape index (κ1) is 20.4. The summed E-state index contributed by atoms with van der Waals surface area (Å²) in [5, 5.41) is 0. The first-order chi connectivity index (χ1) is 13.4. The van der Waals surface area contributed by atoms with Crippen LogP contribution in [0.2, 0.25) is 0 Å². The lowest BCUT2D eigenvalue weighted by Crippen LogP contribution is -2.50. The molecule has 1 spiro atoms. The van der Waals surface area contributed by atoms with E-state index in [1.54, 1.807) is 16.8 Å². The van der Waals surface area contributed by atoms with E-state index in [2.05, 4.69) is 0 Å². The molecule has 1 aliphatic carbocycles. The monoisotopic (exact) mass is 385 g/mol. The Hall–Kier alpha value is -2.37. The number of rotatable bonds is 6. The van der Waals surface area contributed by atoms with Crippen LogP contribution in [0.25, 0.3) is 0 Å². The summed E-state index contributed by atoms with van der Waals surface area (Å²) in [4.78, 5) is 43.6. The zero-order chi connectivity index (χ0) is 20.3. The van der Waals surface area contributed by atoms with Crippen LogP contribution in [-0.2, 0) is 16.1 Å². The van der Waals surface area contributed by atoms with Crippen LogP contribution in [0, 0.1) is 0 Å². The molecule has 0 N–H and O–H groups in total. The maximum absolute atomic E-state index is 13.2. The standard InChI is InChI=1S/C22H31N3O3/c1-4-17(2)24(15-18-11-7-5-8-12-18)19(26)16-25-20(27)22(23(3)21(25)28)13-9-6-10-14-22/h5,7-8,11-12,17H,4,6,9-10,13-16H2,1-3H3.